The van der Waals surface area contributed by atoms with Gasteiger partial charge in [-0.25, -0.2) is 13.1 Å². The molecule has 0 aliphatic rings. The highest BCUT2D eigenvalue weighted by Gasteiger charge is 2.21. The molecule has 0 amide bonds. The van der Waals surface area contributed by atoms with Crippen LogP contribution in [0.5, 0.6) is 0 Å². The SMILES string of the molecule is Cc1cc(S(=O)(=O)N[C@@H](C)c2cccnc2)ccc1[N+](=O)[O-]. The summed E-state index contributed by atoms with van der Waals surface area (Å²) < 4.78 is 27.2. The maximum atomic E-state index is 12.3. The van der Waals surface area contributed by atoms with E-state index in [-0.39, 0.29) is 10.6 Å². The molecule has 22 heavy (non-hydrogen) atoms. The minimum Gasteiger partial charge on any atom is -0.264 e. The third-order valence-electron chi connectivity index (χ3n) is 3.19. The Morgan fingerprint density at radius 3 is 2.59 bits per heavy atom. The van der Waals surface area contributed by atoms with E-state index in [2.05, 4.69) is 9.71 Å². The molecule has 2 aromatic rings. The molecule has 0 spiro atoms. The Labute approximate surface area is 128 Å². The van der Waals surface area contributed by atoms with E-state index in [9.17, 15) is 18.5 Å². The lowest BCUT2D eigenvalue weighted by molar-refractivity contribution is -0.385. The van der Waals surface area contributed by atoms with Crippen molar-refractivity contribution in [2.24, 2.45) is 0 Å². The number of benzene rings is 1. The van der Waals surface area contributed by atoms with Crippen LogP contribution in [0.25, 0.3) is 0 Å². The summed E-state index contributed by atoms with van der Waals surface area (Å²) >= 11 is 0. The second-order valence-electron chi connectivity index (χ2n) is 4.83. The van der Waals surface area contributed by atoms with Gasteiger partial charge in [0.15, 0.2) is 0 Å². The van der Waals surface area contributed by atoms with Crippen LogP contribution >= 0.6 is 0 Å². The van der Waals surface area contributed by atoms with E-state index in [1.165, 1.54) is 25.1 Å². The Morgan fingerprint density at radius 2 is 2.05 bits per heavy atom. The Balaban J connectivity index is 2.27. The summed E-state index contributed by atoms with van der Waals surface area (Å²) in [6, 6.07) is 6.73. The predicted octanol–water partition coefficient (Wildman–Crippen LogP) is 2.34. The minimum absolute atomic E-state index is 0.00802. The normalized spacial score (nSPS) is 12.8. The van der Waals surface area contributed by atoms with Gasteiger partial charge in [0.1, 0.15) is 0 Å². The summed E-state index contributed by atoms with van der Waals surface area (Å²) in [6.07, 6.45) is 3.18. The van der Waals surface area contributed by atoms with Crippen LogP contribution in [0.1, 0.15) is 24.1 Å². The molecule has 1 aromatic carbocycles. The highest BCUT2D eigenvalue weighted by molar-refractivity contribution is 7.89. The summed E-state index contributed by atoms with van der Waals surface area (Å²) in [7, 11) is -3.77. The quantitative estimate of drug-likeness (QED) is 0.672. The number of aromatic nitrogens is 1. The van der Waals surface area contributed by atoms with Crippen LogP contribution in [0.15, 0.2) is 47.6 Å². The summed E-state index contributed by atoms with van der Waals surface area (Å²) in [4.78, 5) is 14.2. The lowest BCUT2D eigenvalue weighted by atomic mass is 10.2. The van der Waals surface area contributed by atoms with Crippen molar-refractivity contribution in [3.05, 3.63) is 64.0 Å². The van der Waals surface area contributed by atoms with Gasteiger partial charge >= 0.3 is 0 Å². The highest BCUT2D eigenvalue weighted by Crippen LogP contribution is 2.22. The van der Waals surface area contributed by atoms with Gasteiger partial charge < -0.3 is 0 Å². The van der Waals surface area contributed by atoms with Crippen LogP contribution in [0.2, 0.25) is 0 Å². The first-order valence-corrected chi connectivity index (χ1v) is 7.97. The maximum Gasteiger partial charge on any atom is 0.272 e. The molecule has 7 nitrogen and oxygen atoms in total. The van der Waals surface area contributed by atoms with Gasteiger partial charge in [0.05, 0.1) is 9.82 Å². The average molecular weight is 321 g/mol. The Kier molecular flexibility index (Phi) is 4.53. The van der Waals surface area contributed by atoms with Crippen LogP contribution in [0.3, 0.4) is 0 Å². The van der Waals surface area contributed by atoms with Crippen LogP contribution < -0.4 is 4.72 Å². The van der Waals surface area contributed by atoms with E-state index >= 15 is 0 Å². The molecule has 1 heterocycles. The average Bonchev–Trinajstić information content (AvgIpc) is 2.47. The zero-order valence-electron chi connectivity index (χ0n) is 12.1. The predicted molar refractivity (Wildman–Crippen MR) is 80.8 cm³/mol. The van der Waals surface area contributed by atoms with Crippen molar-refractivity contribution in [2.45, 2.75) is 24.8 Å². The largest absolute Gasteiger partial charge is 0.272 e. The number of hydrogen-bond acceptors (Lipinski definition) is 5. The van der Waals surface area contributed by atoms with Crippen LogP contribution in [-0.4, -0.2) is 18.3 Å². The third kappa shape index (κ3) is 3.46. The Hall–Kier alpha value is -2.32. The molecule has 2 rings (SSSR count). The highest BCUT2D eigenvalue weighted by atomic mass is 32.2. The van der Waals surface area contributed by atoms with Crippen molar-refractivity contribution >= 4 is 15.7 Å². The fourth-order valence-electron chi connectivity index (χ4n) is 2.00. The van der Waals surface area contributed by atoms with Gasteiger partial charge in [0.25, 0.3) is 5.69 Å². The number of nitrogens with zero attached hydrogens (tertiary/aromatic N) is 2. The molecular formula is C14H15N3O4S. The maximum absolute atomic E-state index is 12.3. The molecule has 1 N–H and O–H groups in total. The fraction of sp³-hybridized carbons (Fsp3) is 0.214. The van der Waals surface area contributed by atoms with Crippen LogP contribution in [0, 0.1) is 17.0 Å². The van der Waals surface area contributed by atoms with E-state index in [0.717, 1.165) is 5.56 Å². The Morgan fingerprint density at radius 1 is 1.32 bits per heavy atom. The number of sulfonamides is 1. The smallest absolute Gasteiger partial charge is 0.264 e. The third-order valence-corrected chi connectivity index (χ3v) is 4.73. The summed E-state index contributed by atoms with van der Waals surface area (Å²) in [5.41, 5.74) is 0.908. The number of nitro groups is 1. The molecular weight excluding hydrogens is 306 g/mol. The topological polar surface area (TPSA) is 102 Å². The summed E-state index contributed by atoms with van der Waals surface area (Å²) in [5, 5.41) is 10.8. The first kappa shape index (κ1) is 16.1. The molecule has 0 aliphatic heterocycles. The van der Waals surface area contributed by atoms with Gasteiger partial charge in [-0.05, 0) is 37.6 Å². The first-order valence-electron chi connectivity index (χ1n) is 6.48. The van der Waals surface area contributed by atoms with Crippen molar-refractivity contribution in [1.29, 1.82) is 0 Å². The van der Waals surface area contributed by atoms with Crippen molar-refractivity contribution in [1.82, 2.24) is 9.71 Å². The van der Waals surface area contributed by atoms with Gasteiger partial charge in [0, 0.05) is 30.1 Å². The molecule has 116 valence electrons. The molecule has 1 atom stereocenters. The number of pyridine rings is 1. The van der Waals surface area contributed by atoms with Gasteiger partial charge in [-0.15, -0.1) is 0 Å². The van der Waals surface area contributed by atoms with Crippen molar-refractivity contribution < 1.29 is 13.3 Å². The molecule has 0 bridgehead atoms. The molecule has 0 fully saturated rings. The van der Waals surface area contributed by atoms with E-state index < -0.39 is 21.0 Å². The molecule has 0 saturated carbocycles. The van der Waals surface area contributed by atoms with Crippen molar-refractivity contribution in [3.63, 3.8) is 0 Å². The van der Waals surface area contributed by atoms with E-state index in [1.54, 1.807) is 31.5 Å². The minimum atomic E-state index is -3.77. The van der Waals surface area contributed by atoms with Gasteiger partial charge in [-0.3, -0.25) is 15.1 Å². The number of nitro benzene ring substituents is 1. The molecule has 0 radical (unpaired) electrons. The second kappa shape index (κ2) is 6.20. The van der Waals surface area contributed by atoms with Gasteiger partial charge in [0.2, 0.25) is 10.0 Å². The van der Waals surface area contributed by atoms with Gasteiger partial charge in [-0.1, -0.05) is 6.07 Å². The molecule has 0 aliphatic carbocycles. The number of hydrogen-bond donors (Lipinski definition) is 1. The summed E-state index contributed by atoms with van der Waals surface area (Å²) in [6.45, 7) is 3.20. The van der Waals surface area contributed by atoms with Crippen LogP contribution in [-0.2, 0) is 10.0 Å². The zero-order chi connectivity index (χ0) is 16.3. The lowest BCUT2D eigenvalue weighted by Crippen LogP contribution is -2.27. The Bertz CT molecular complexity index is 791. The molecule has 0 saturated heterocycles. The number of aryl methyl sites for hydroxylation is 1. The molecule has 0 unspecified atom stereocenters. The molecule has 1 aromatic heterocycles. The molecule has 8 heteroatoms. The fourth-order valence-corrected chi connectivity index (χ4v) is 3.32. The second-order valence-corrected chi connectivity index (χ2v) is 6.55. The first-order chi connectivity index (χ1) is 10.3. The van der Waals surface area contributed by atoms with E-state index in [1.807, 2.05) is 0 Å². The standard InChI is InChI=1S/C14H15N3O4S/c1-10-8-13(5-6-14(10)17(18)19)22(20,21)16-11(2)12-4-3-7-15-9-12/h3-9,11,16H,1-2H3/t11-/m0/s1. The van der Waals surface area contributed by atoms with Crippen molar-refractivity contribution in [2.75, 3.05) is 0 Å². The summed E-state index contributed by atoms with van der Waals surface area (Å²) in [5.74, 6) is 0. The lowest BCUT2D eigenvalue weighted by Gasteiger charge is -2.14. The van der Waals surface area contributed by atoms with Crippen molar-refractivity contribution in [3.8, 4) is 0 Å². The van der Waals surface area contributed by atoms with Crippen LogP contribution in [0.4, 0.5) is 5.69 Å². The monoisotopic (exact) mass is 321 g/mol. The van der Waals surface area contributed by atoms with Gasteiger partial charge in [-0.2, -0.15) is 0 Å². The zero-order valence-corrected chi connectivity index (χ0v) is 12.9. The number of rotatable bonds is 5. The number of nitrogens with one attached hydrogen (secondary N) is 1. The van der Waals surface area contributed by atoms with E-state index in [0.29, 0.717) is 5.56 Å². The van der Waals surface area contributed by atoms with E-state index in [4.69, 9.17) is 0 Å².